The number of hydrogen-bond acceptors (Lipinski definition) is 1. The lowest BCUT2D eigenvalue weighted by atomic mass is 10.2. The maximum atomic E-state index is 4.20. The number of rotatable bonds is 2. The minimum atomic E-state index is 0.822. The third-order valence-electron chi connectivity index (χ3n) is 1.86. The van der Waals surface area contributed by atoms with Gasteiger partial charge in [0.05, 0.1) is 17.2 Å². The van der Waals surface area contributed by atoms with Gasteiger partial charge in [-0.2, -0.15) is 5.10 Å². The van der Waals surface area contributed by atoms with Crippen LogP contribution < -0.4 is 0 Å². The molecule has 4 heteroatoms. The monoisotopic (exact) mass is 362 g/mol. The van der Waals surface area contributed by atoms with E-state index in [9.17, 15) is 0 Å². The van der Waals surface area contributed by atoms with E-state index in [4.69, 9.17) is 0 Å². The molecule has 0 N–H and O–H groups in total. The normalized spacial score (nSPS) is 10.4. The molecule has 0 spiro atoms. The van der Waals surface area contributed by atoms with Gasteiger partial charge in [-0.3, -0.25) is 4.68 Å². The van der Waals surface area contributed by atoms with E-state index >= 15 is 0 Å². The van der Waals surface area contributed by atoms with Crippen molar-refractivity contribution in [3.8, 4) is 0 Å². The number of hydrogen-bond donors (Lipinski definition) is 0. The molecule has 0 saturated carbocycles. The van der Waals surface area contributed by atoms with Crippen LogP contribution in [0.1, 0.15) is 5.56 Å². The van der Waals surface area contributed by atoms with Crippen LogP contribution in [0.15, 0.2) is 41.1 Å². The van der Waals surface area contributed by atoms with Gasteiger partial charge in [0.15, 0.2) is 0 Å². The van der Waals surface area contributed by atoms with E-state index < -0.39 is 0 Å². The van der Waals surface area contributed by atoms with Crippen molar-refractivity contribution >= 4 is 38.5 Å². The molecule has 14 heavy (non-hydrogen) atoms. The van der Waals surface area contributed by atoms with Crippen LogP contribution >= 0.6 is 38.5 Å². The average Bonchev–Trinajstić information content (AvgIpc) is 2.56. The lowest BCUT2D eigenvalue weighted by Gasteiger charge is -2.01. The first kappa shape index (κ1) is 10.2. The Morgan fingerprint density at radius 1 is 1.29 bits per heavy atom. The van der Waals surface area contributed by atoms with Crippen molar-refractivity contribution in [2.24, 2.45) is 0 Å². The van der Waals surface area contributed by atoms with Crippen LogP contribution in [0.25, 0.3) is 0 Å². The predicted molar refractivity (Wildman–Crippen MR) is 68.2 cm³/mol. The van der Waals surface area contributed by atoms with Crippen LogP contribution in [0, 0.1) is 3.57 Å². The van der Waals surface area contributed by atoms with E-state index in [1.807, 2.05) is 10.9 Å². The highest BCUT2D eigenvalue weighted by Crippen LogP contribution is 2.10. The number of halogens is 2. The van der Waals surface area contributed by atoms with Gasteiger partial charge in [0, 0.05) is 9.77 Å². The molecule has 72 valence electrons. The smallest absolute Gasteiger partial charge is 0.0659 e. The summed E-state index contributed by atoms with van der Waals surface area (Å²) in [7, 11) is 0. The summed E-state index contributed by atoms with van der Waals surface area (Å²) in [5.74, 6) is 0. The summed E-state index contributed by atoms with van der Waals surface area (Å²) >= 11 is 5.67. The molecule has 0 saturated heterocycles. The van der Waals surface area contributed by atoms with Gasteiger partial charge >= 0.3 is 0 Å². The predicted octanol–water partition coefficient (Wildman–Crippen LogP) is 3.30. The van der Waals surface area contributed by atoms with Gasteiger partial charge in [0.25, 0.3) is 0 Å². The SMILES string of the molecule is Brc1cnn(Cc2ccc(I)cc2)c1. The Hall–Kier alpha value is -0.360. The Bertz CT molecular complexity index is 422. The molecule has 2 rings (SSSR count). The standard InChI is InChI=1S/C10H8BrIN2/c11-9-5-13-14(7-9)6-8-1-3-10(12)4-2-8/h1-5,7H,6H2. The Balaban J connectivity index is 2.15. The van der Waals surface area contributed by atoms with Crippen LogP contribution in [0.4, 0.5) is 0 Å². The molecule has 0 atom stereocenters. The molecule has 0 aliphatic carbocycles. The Morgan fingerprint density at radius 2 is 2.00 bits per heavy atom. The zero-order chi connectivity index (χ0) is 9.97. The van der Waals surface area contributed by atoms with Crippen molar-refractivity contribution in [2.75, 3.05) is 0 Å². The first-order chi connectivity index (χ1) is 6.74. The van der Waals surface area contributed by atoms with E-state index in [0.717, 1.165) is 11.0 Å². The third-order valence-corrected chi connectivity index (χ3v) is 2.99. The fourth-order valence-corrected chi connectivity index (χ4v) is 1.89. The summed E-state index contributed by atoms with van der Waals surface area (Å²) in [6, 6.07) is 8.46. The number of benzene rings is 1. The molecule has 2 aromatic rings. The topological polar surface area (TPSA) is 17.8 Å². The van der Waals surface area contributed by atoms with Crippen molar-refractivity contribution in [2.45, 2.75) is 6.54 Å². The van der Waals surface area contributed by atoms with Crippen molar-refractivity contribution < 1.29 is 0 Å². The summed E-state index contributed by atoms with van der Waals surface area (Å²) in [6.45, 7) is 0.822. The zero-order valence-electron chi connectivity index (χ0n) is 7.32. The fraction of sp³-hybridized carbons (Fsp3) is 0.100. The molecule has 1 aromatic heterocycles. The molecule has 0 radical (unpaired) electrons. The van der Waals surface area contributed by atoms with E-state index in [-0.39, 0.29) is 0 Å². The second kappa shape index (κ2) is 4.44. The first-order valence-corrected chi connectivity index (χ1v) is 6.03. The van der Waals surface area contributed by atoms with E-state index in [1.54, 1.807) is 6.20 Å². The van der Waals surface area contributed by atoms with Crippen LogP contribution in [0.2, 0.25) is 0 Å². The van der Waals surface area contributed by atoms with Gasteiger partial charge in [-0.05, 0) is 56.2 Å². The lowest BCUT2D eigenvalue weighted by molar-refractivity contribution is 0.686. The molecule has 0 bridgehead atoms. The average molecular weight is 363 g/mol. The van der Waals surface area contributed by atoms with Crippen LogP contribution in [0.3, 0.4) is 0 Å². The third kappa shape index (κ3) is 2.57. The maximum absolute atomic E-state index is 4.20. The highest BCUT2D eigenvalue weighted by atomic mass is 127. The fourth-order valence-electron chi connectivity index (χ4n) is 1.20. The van der Waals surface area contributed by atoms with Gasteiger partial charge in [-0.25, -0.2) is 0 Å². The van der Waals surface area contributed by atoms with Crippen LogP contribution in [0.5, 0.6) is 0 Å². The van der Waals surface area contributed by atoms with Crippen LogP contribution in [-0.2, 0) is 6.54 Å². The van der Waals surface area contributed by atoms with Crippen molar-refractivity contribution in [1.29, 1.82) is 0 Å². The van der Waals surface area contributed by atoms with Gasteiger partial charge in [-0.15, -0.1) is 0 Å². The van der Waals surface area contributed by atoms with Gasteiger partial charge in [0.1, 0.15) is 0 Å². The number of nitrogens with zero attached hydrogens (tertiary/aromatic N) is 2. The Morgan fingerprint density at radius 3 is 2.57 bits per heavy atom. The number of aromatic nitrogens is 2. The molecular weight excluding hydrogens is 355 g/mol. The summed E-state index contributed by atoms with van der Waals surface area (Å²) in [6.07, 6.45) is 3.77. The first-order valence-electron chi connectivity index (χ1n) is 4.16. The van der Waals surface area contributed by atoms with Gasteiger partial charge in [0.2, 0.25) is 0 Å². The quantitative estimate of drug-likeness (QED) is 0.749. The summed E-state index contributed by atoms with van der Waals surface area (Å²) < 4.78 is 4.18. The highest BCUT2D eigenvalue weighted by Gasteiger charge is 1.97. The van der Waals surface area contributed by atoms with Gasteiger partial charge < -0.3 is 0 Å². The van der Waals surface area contributed by atoms with Crippen molar-refractivity contribution in [3.05, 3.63) is 50.3 Å². The molecule has 1 aromatic carbocycles. The maximum Gasteiger partial charge on any atom is 0.0659 e. The molecule has 0 fully saturated rings. The summed E-state index contributed by atoms with van der Waals surface area (Å²) in [5, 5.41) is 4.20. The second-order valence-corrected chi connectivity index (χ2v) is 5.14. The van der Waals surface area contributed by atoms with E-state index in [1.165, 1.54) is 9.13 Å². The highest BCUT2D eigenvalue weighted by molar-refractivity contribution is 14.1. The zero-order valence-corrected chi connectivity index (χ0v) is 11.1. The minimum Gasteiger partial charge on any atom is -0.267 e. The second-order valence-electron chi connectivity index (χ2n) is 2.98. The molecule has 0 aliphatic heterocycles. The molecule has 1 heterocycles. The molecular formula is C10H8BrIN2. The van der Waals surface area contributed by atoms with Crippen molar-refractivity contribution in [3.63, 3.8) is 0 Å². The van der Waals surface area contributed by atoms with E-state index in [0.29, 0.717) is 0 Å². The van der Waals surface area contributed by atoms with E-state index in [2.05, 4.69) is 67.9 Å². The minimum absolute atomic E-state index is 0.822. The summed E-state index contributed by atoms with van der Waals surface area (Å²) in [4.78, 5) is 0. The summed E-state index contributed by atoms with van der Waals surface area (Å²) in [5.41, 5.74) is 1.26. The largest absolute Gasteiger partial charge is 0.267 e. The molecule has 0 aliphatic rings. The molecule has 2 nitrogen and oxygen atoms in total. The molecule has 0 unspecified atom stereocenters. The Kier molecular flexibility index (Phi) is 3.22. The lowest BCUT2D eigenvalue weighted by Crippen LogP contribution is -1.99. The van der Waals surface area contributed by atoms with Crippen LogP contribution in [-0.4, -0.2) is 9.78 Å². The Labute approximate surface area is 105 Å². The molecule has 0 amide bonds. The van der Waals surface area contributed by atoms with Gasteiger partial charge in [-0.1, -0.05) is 12.1 Å². The van der Waals surface area contributed by atoms with Crippen molar-refractivity contribution in [1.82, 2.24) is 9.78 Å².